The molecule has 1 aliphatic rings. The molecule has 1 nitrogen and oxygen atoms in total. The van der Waals surface area contributed by atoms with Crippen molar-refractivity contribution in [3.8, 4) is 0 Å². The number of rotatable bonds is 11. The second-order valence-electron chi connectivity index (χ2n) is 13.3. The molecule has 1 fully saturated rings. The van der Waals surface area contributed by atoms with Gasteiger partial charge in [0.05, 0.1) is 26.7 Å². The first-order chi connectivity index (χ1) is 24.0. The van der Waals surface area contributed by atoms with Crippen LogP contribution in [-0.4, -0.2) is 37.3 Å². The molecule has 0 atom stereocenters. The summed E-state index contributed by atoms with van der Waals surface area (Å²) in [5, 5.41) is 0. The Morgan fingerprint density at radius 1 is 0.431 bits per heavy atom. The van der Waals surface area contributed by atoms with E-state index in [1.807, 2.05) is 0 Å². The molecule has 0 radical (unpaired) electrons. The molecule has 0 aromatic heterocycles. The van der Waals surface area contributed by atoms with Crippen LogP contribution in [0, 0.1) is 69.8 Å². The largest absolute Gasteiger partial charge is 0.326 e. The Morgan fingerprint density at radius 2 is 0.686 bits per heavy atom. The number of quaternary nitrogens is 1. The quantitative estimate of drug-likeness (QED) is 0.0479. The van der Waals surface area contributed by atoms with E-state index in [0.29, 0.717) is 0 Å². The summed E-state index contributed by atoms with van der Waals surface area (Å²) in [5.74, 6) is -24.0. The lowest BCUT2D eigenvalue weighted by molar-refractivity contribution is -0.897. The monoisotopic (exact) mass is 733 g/mol. The minimum Gasteiger partial charge on any atom is -0.326 e. The van der Waals surface area contributed by atoms with Crippen LogP contribution in [0.25, 0.3) is 0 Å². The van der Waals surface area contributed by atoms with Crippen LogP contribution in [0.5, 0.6) is 0 Å². The maximum atomic E-state index is 14.4. The van der Waals surface area contributed by atoms with Gasteiger partial charge >= 0.3 is 0 Å². The summed E-state index contributed by atoms with van der Waals surface area (Å²) in [5.41, 5.74) is -3.79. The van der Waals surface area contributed by atoms with Crippen LogP contribution in [0.1, 0.15) is 58.3 Å². The van der Waals surface area contributed by atoms with E-state index < -0.39 is 97.8 Å². The van der Waals surface area contributed by atoms with Crippen LogP contribution in [0.15, 0.2) is 48.5 Å². The molecule has 51 heavy (non-hydrogen) atoms. The lowest BCUT2D eigenvalue weighted by Gasteiger charge is -2.44. The summed E-state index contributed by atoms with van der Waals surface area (Å²) in [7, 11) is 2.44. The highest BCUT2D eigenvalue weighted by Gasteiger charge is 2.37. The smallest absolute Gasteiger partial charge is 0.194 e. The number of halogens is 12. The second-order valence-corrected chi connectivity index (χ2v) is 13.3. The molecule has 0 spiro atoms. The number of benzene rings is 4. The molecule has 5 rings (SSSR count). The normalized spacial score (nSPS) is 14.1. The lowest BCUT2D eigenvalue weighted by atomic mass is 9.13. The Balaban J connectivity index is 0.000000349. The number of unbranched alkanes of at least 4 members (excludes halogenated alkanes) is 5. The predicted octanol–water partition coefficient (Wildman–Crippen LogP) is 8.32. The van der Waals surface area contributed by atoms with Crippen LogP contribution in [-0.2, 0) is 0 Å². The fourth-order valence-electron chi connectivity index (χ4n) is 7.05. The fourth-order valence-corrected chi connectivity index (χ4v) is 7.05. The van der Waals surface area contributed by atoms with E-state index >= 15 is 0 Å². The highest BCUT2D eigenvalue weighted by atomic mass is 19.2. The maximum Gasteiger partial charge on any atom is 0.194 e. The average Bonchev–Trinajstić information content (AvgIpc) is 3.52. The zero-order chi connectivity index (χ0) is 37.7. The third-order valence-electron chi connectivity index (χ3n) is 9.72. The Kier molecular flexibility index (Phi) is 13.0. The molecule has 0 saturated carbocycles. The fraction of sp³-hybridized carbons (Fsp3) is 0.351. The van der Waals surface area contributed by atoms with Gasteiger partial charge in [-0.3, -0.25) is 0 Å². The molecule has 4 aromatic carbocycles. The highest BCUT2D eigenvalue weighted by molar-refractivity contribution is 7.19. The van der Waals surface area contributed by atoms with Gasteiger partial charge in [-0.25, -0.2) is 52.7 Å². The van der Waals surface area contributed by atoms with Gasteiger partial charge in [0.1, 0.15) is 6.15 Å². The SMILES string of the molecule is CCCCCCCC[N+]1(C)CCCC1.Fc1cc([B-](c2cc(F)c(F)c(F)c2)(c2cc(F)c(F)c(F)c2)c2cc(F)c(F)c(F)c2)cc(F)c1F. The predicted molar refractivity (Wildman–Crippen MR) is 173 cm³/mol. The van der Waals surface area contributed by atoms with Gasteiger partial charge in [-0.05, 0) is 12.8 Å². The van der Waals surface area contributed by atoms with Crippen molar-refractivity contribution < 1.29 is 57.2 Å². The van der Waals surface area contributed by atoms with Crippen molar-refractivity contribution in [1.29, 1.82) is 0 Å². The van der Waals surface area contributed by atoms with Gasteiger partial charge in [0, 0.05) is 12.8 Å². The molecule has 4 aromatic rings. The summed E-state index contributed by atoms with van der Waals surface area (Å²) in [6, 6.07) is 1.41. The summed E-state index contributed by atoms with van der Waals surface area (Å²) in [6.07, 6.45) is 7.57. The van der Waals surface area contributed by atoms with Crippen LogP contribution >= 0.6 is 0 Å². The molecule has 1 heterocycles. The zero-order valence-corrected chi connectivity index (χ0v) is 28.0. The molecule has 276 valence electrons. The van der Waals surface area contributed by atoms with Crippen molar-refractivity contribution in [3.05, 3.63) is 118 Å². The summed E-state index contributed by atoms with van der Waals surface area (Å²) < 4.78 is 171. The van der Waals surface area contributed by atoms with Gasteiger partial charge in [-0.1, -0.05) is 81.1 Å². The van der Waals surface area contributed by atoms with Crippen LogP contribution in [0.4, 0.5) is 52.7 Å². The number of hydrogen-bond donors (Lipinski definition) is 0. The molecule has 0 bridgehead atoms. The number of likely N-dealkylation sites (tertiary alicyclic amines) is 1. The molecule has 1 aliphatic heterocycles. The van der Waals surface area contributed by atoms with E-state index in [4.69, 9.17) is 0 Å². The minimum atomic E-state index is -4.01. The summed E-state index contributed by atoms with van der Waals surface area (Å²) in [6.45, 7) is 6.60. The standard InChI is InChI=1S/C24H8BF12.C13H28N/c26-13-1-9(2-14(27)21(13)34)25(10-3-15(28)22(35)16(29)4-10,11-5-17(30)23(36)18(31)6-11)12-7-19(32)24(37)20(33)8-12;1-3-4-5-6-7-8-11-14(2)12-9-10-13-14/h1-8H;3-13H2,1-2H3/q-1;+1. The Hall–Kier alpha value is -3.94. The highest BCUT2D eigenvalue weighted by Crippen LogP contribution is 2.21. The van der Waals surface area contributed by atoms with E-state index in [1.165, 1.54) is 75.5 Å². The van der Waals surface area contributed by atoms with Crippen molar-refractivity contribution >= 4 is 28.0 Å². The van der Waals surface area contributed by atoms with E-state index in [-0.39, 0.29) is 48.5 Å². The molecular formula is C37H36BF12N. The van der Waals surface area contributed by atoms with Gasteiger partial charge in [-0.2, -0.15) is 21.9 Å². The summed E-state index contributed by atoms with van der Waals surface area (Å²) >= 11 is 0. The topological polar surface area (TPSA) is 0 Å². The van der Waals surface area contributed by atoms with Crippen molar-refractivity contribution in [1.82, 2.24) is 0 Å². The van der Waals surface area contributed by atoms with Gasteiger partial charge in [-0.15, -0.1) is 0 Å². The summed E-state index contributed by atoms with van der Waals surface area (Å²) in [4.78, 5) is 0. The van der Waals surface area contributed by atoms with Crippen LogP contribution < -0.4 is 21.9 Å². The molecule has 0 N–H and O–H groups in total. The van der Waals surface area contributed by atoms with Gasteiger partial charge in [0.15, 0.2) is 69.8 Å². The molecule has 1 saturated heterocycles. The molecule has 14 heteroatoms. The second kappa shape index (κ2) is 16.6. The first-order valence-electron chi connectivity index (χ1n) is 16.6. The van der Waals surface area contributed by atoms with E-state index in [2.05, 4.69) is 14.0 Å². The van der Waals surface area contributed by atoms with Crippen molar-refractivity contribution in [2.45, 2.75) is 58.3 Å². The van der Waals surface area contributed by atoms with Crippen molar-refractivity contribution in [2.75, 3.05) is 26.7 Å². The Labute approximate surface area is 288 Å². The third kappa shape index (κ3) is 8.59. The van der Waals surface area contributed by atoms with Gasteiger partial charge < -0.3 is 4.48 Å². The average molecular weight is 733 g/mol. The minimum absolute atomic E-state index is 0.177. The van der Waals surface area contributed by atoms with Gasteiger partial charge in [0.25, 0.3) is 0 Å². The Bertz CT molecular complexity index is 1530. The van der Waals surface area contributed by atoms with Gasteiger partial charge in [0.2, 0.25) is 0 Å². The third-order valence-corrected chi connectivity index (χ3v) is 9.72. The van der Waals surface area contributed by atoms with E-state index in [9.17, 15) is 52.7 Å². The first kappa shape index (κ1) is 39.8. The molecule has 0 aliphatic carbocycles. The van der Waals surface area contributed by atoms with E-state index in [1.54, 1.807) is 0 Å². The van der Waals surface area contributed by atoms with Crippen LogP contribution in [0.3, 0.4) is 0 Å². The molecular weight excluding hydrogens is 697 g/mol. The Morgan fingerprint density at radius 3 is 0.961 bits per heavy atom. The number of nitrogens with zero attached hydrogens (tertiary/aromatic N) is 1. The number of hydrogen-bond acceptors (Lipinski definition) is 0. The van der Waals surface area contributed by atoms with Crippen molar-refractivity contribution in [2.24, 2.45) is 0 Å². The maximum absolute atomic E-state index is 14.4. The molecule has 0 unspecified atom stereocenters. The molecule has 0 amide bonds. The van der Waals surface area contributed by atoms with Crippen LogP contribution in [0.2, 0.25) is 0 Å². The lowest BCUT2D eigenvalue weighted by Crippen LogP contribution is -2.75. The zero-order valence-electron chi connectivity index (χ0n) is 28.0. The van der Waals surface area contributed by atoms with Crippen molar-refractivity contribution in [3.63, 3.8) is 0 Å². The van der Waals surface area contributed by atoms with E-state index in [0.717, 1.165) is 0 Å². The first-order valence-corrected chi connectivity index (χ1v) is 16.6.